The van der Waals surface area contributed by atoms with Crippen molar-refractivity contribution in [1.82, 2.24) is 0 Å². The lowest BCUT2D eigenvalue weighted by atomic mass is 10.0. The first-order valence-electron chi connectivity index (χ1n) is 5.75. The topological polar surface area (TPSA) is 35.2 Å². The van der Waals surface area contributed by atoms with Gasteiger partial charge in [0.25, 0.3) is 0 Å². The van der Waals surface area contributed by atoms with Crippen LogP contribution in [0.4, 0.5) is 0 Å². The van der Waals surface area contributed by atoms with Gasteiger partial charge in [0, 0.05) is 23.2 Å². The highest BCUT2D eigenvalue weighted by molar-refractivity contribution is 6.35. The summed E-state index contributed by atoms with van der Waals surface area (Å²) < 4.78 is 5.19. The summed E-state index contributed by atoms with van der Waals surface area (Å²) in [5, 5.41) is 1.34. The molecule has 2 unspecified atom stereocenters. The quantitative estimate of drug-likeness (QED) is 0.860. The summed E-state index contributed by atoms with van der Waals surface area (Å²) in [6.07, 6.45) is 2.91. The van der Waals surface area contributed by atoms with Crippen molar-refractivity contribution in [2.24, 2.45) is 5.73 Å². The maximum Gasteiger partial charge on any atom is 0.0543 e. The predicted octanol–water partition coefficient (Wildman–Crippen LogP) is 3.68. The third-order valence-electron chi connectivity index (χ3n) is 2.84. The maximum atomic E-state index is 6.10. The van der Waals surface area contributed by atoms with E-state index in [0.29, 0.717) is 10.0 Å². The van der Waals surface area contributed by atoms with Crippen LogP contribution in [0.2, 0.25) is 10.0 Å². The first kappa shape index (κ1) is 14.8. The molecule has 1 rings (SSSR count). The summed E-state index contributed by atoms with van der Waals surface area (Å²) in [5.41, 5.74) is 7.12. The van der Waals surface area contributed by atoms with Crippen molar-refractivity contribution in [2.45, 2.75) is 38.3 Å². The zero-order valence-corrected chi connectivity index (χ0v) is 11.8. The molecule has 0 saturated heterocycles. The van der Waals surface area contributed by atoms with E-state index in [1.54, 1.807) is 13.2 Å². The second-order valence-corrected chi connectivity index (χ2v) is 5.17. The first-order chi connectivity index (χ1) is 8.02. The second kappa shape index (κ2) is 7.22. The number of hydrogen-bond acceptors (Lipinski definition) is 2. The van der Waals surface area contributed by atoms with Crippen LogP contribution in [-0.2, 0) is 11.2 Å². The van der Waals surface area contributed by atoms with Crippen LogP contribution in [0.5, 0.6) is 0 Å². The standard InChI is InChI=1S/C13H19Cl2NO/c1-9(17-2)3-6-12(16)7-10-4-5-11(14)8-13(10)15/h4-5,8-9,12H,3,6-7,16H2,1-2H3. The van der Waals surface area contributed by atoms with Crippen molar-refractivity contribution < 1.29 is 4.74 Å². The van der Waals surface area contributed by atoms with E-state index in [1.807, 2.05) is 19.1 Å². The molecule has 0 radical (unpaired) electrons. The second-order valence-electron chi connectivity index (χ2n) is 4.32. The van der Waals surface area contributed by atoms with Crippen LogP contribution in [0.15, 0.2) is 18.2 Å². The Morgan fingerprint density at radius 1 is 1.29 bits per heavy atom. The van der Waals surface area contributed by atoms with E-state index in [4.69, 9.17) is 33.7 Å². The highest BCUT2D eigenvalue weighted by Crippen LogP contribution is 2.22. The van der Waals surface area contributed by atoms with Gasteiger partial charge in [-0.1, -0.05) is 29.3 Å². The number of hydrogen-bond donors (Lipinski definition) is 1. The molecular weight excluding hydrogens is 257 g/mol. The molecule has 0 aliphatic carbocycles. The van der Waals surface area contributed by atoms with Crippen LogP contribution in [0, 0.1) is 0 Å². The summed E-state index contributed by atoms with van der Waals surface area (Å²) in [4.78, 5) is 0. The maximum absolute atomic E-state index is 6.10. The summed E-state index contributed by atoms with van der Waals surface area (Å²) in [6, 6.07) is 5.63. The molecule has 2 atom stereocenters. The molecule has 0 saturated carbocycles. The lowest BCUT2D eigenvalue weighted by Crippen LogP contribution is -2.24. The average molecular weight is 276 g/mol. The lowest BCUT2D eigenvalue weighted by molar-refractivity contribution is 0.107. The van der Waals surface area contributed by atoms with Gasteiger partial charge in [0.15, 0.2) is 0 Å². The number of halogens is 2. The normalized spacial score (nSPS) is 14.6. The number of nitrogens with two attached hydrogens (primary N) is 1. The molecule has 4 heteroatoms. The van der Waals surface area contributed by atoms with E-state index in [1.165, 1.54) is 0 Å². The third kappa shape index (κ3) is 5.26. The van der Waals surface area contributed by atoms with Gasteiger partial charge < -0.3 is 10.5 Å². The van der Waals surface area contributed by atoms with Crippen molar-refractivity contribution in [2.75, 3.05) is 7.11 Å². The Balaban J connectivity index is 2.47. The van der Waals surface area contributed by atoms with Gasteiger partial charge in [-0.05, 0) is 43.9 Å². The van der Waals surface area contributed by atoms with Crippen LogP contribution in [0.1, 0.15) is 25.3 Å². The van der Waals surface area contributed by atoms with Crippen molar-refractivity contribution in [3.63, 3.8) is 0 Å². The van der Waals surface area contributed by atoms with Gasteiger partial charge >= 0.3 is 0 Å². The largest absolute Gasteiger partial charge is 0.382 e. The summed E-state index contributed by atoms with van der Waals surface area (Å²) in [6.45, 7) is 2.04. The minimum absolute atomic E-state index is 0.103. The van der Waals surface area contributed by atoms with E-state index < -0.39 is 0 Å². The van der Waals surface area contributed by atoms with Gasteiger partial charge in [-0.2, -0.15) is 0 Å². The minimum Gasteiger partial charge on any atom is -0.382 e. The number of methoxy groups -OCH3 is 1. The predicted molar refractivity (Wildman–Crippen MR) is 73.8 cm³/mol. The molecule has 2 N–H and O–H groups in total. The van der Waals surface area contributed by atoms with E-state index in [2.05, 4.69) is 0 Å². The molecule has 0 heterocycles. The van der Waals surface area contributed by atoms with Gasteiger partial charge in [-0.25, -0.2) is 0 Å². The average Bonchev–Trinajstić information content (AvgIpc) is 2.29. The molecule has 0 aromatic heterocycles. The number of benzene rings is 1. The van der Waals surface area contributed by atoms with Gasteiger partial charge in [0.1, 0.15) is 0 Å². The van der Waals surface area contributed by atoms with E-state index >= 15 is 0 Å². The highest BCUT2D eigenvalue weighted by Gasteiger charge is 2.09. The van der Waals surface area contributed by atoms with Crippen LogP contribution in [0.25, 0.3) is 0 Å². The Bertz CT molecular complexity index is 357. The fraction of sp³-hybridized carbons (Fsp3) is 0.538. The summed E-state index contributed by atoms with van der Waals surface area (Å²) in [5.74, 6) is 0. The van der Waals surface area contributed by atoms with Gasteiger partial charge in [0.2, 0.25) is 0 Å². The van der Waals surface area contributed by atoms with Gasteiger partial charge in [0.05, 0.1) is 6.10 Å². The Morgan fingerprint density at radius 2 is 2.00 bits per heavy atom. The van der Waals surface area contributed by atoms with E-state index in [-0.39, 0.29) is 12.1 Å². The molecular formula is C13H19Cl2NO. The Kier molecular flexibility index (Phi) is 6.28. The third-order valence-corrected chi connectivity index (χ3v) is 3.43. The van der Waals surface area contributed by atoms with Gasteiger partial charge in [-0.15, -0.1) is 0 Å². The zero-order chi connectivity index (χ0) is 12.8. The molecule has 17 heavy (non-hydrogen) atoms. The Hall–Kier alpha value is -0.280. The number of ether oxygens (including phenoxy) is 1. The molecule has 1 aromatic rings. The SMILES string of the molecule is COC(C)CCC(N)Cc1ccc(Cl)cc1Cl. The van der Waals surface area contributed by atoms with Crippen LogP contribution >= 0.6 is 23.2 Å². The highest BCUT2D eigenvalue weighted by atomic mass is 35.5. The molecule has 0 bridgehead atoms. The molecule has 1 aromatic carbocycles. The zero-order valence-electron chi connectivity index (χ0n) is 10.2. The van der Waals surface area contributed by atoms with Crippen molar-refractivity contribution in [3.8, 4) is 0 Å². The number of rotatable bonds is 6. The van der Waals surface area contributed by atoms with Crippen LogP contribution < -0.4 is 5.73 Å². The molecule has 2 nitrogen and oxygen atoms in total. The molecule has 0 fully saturated rings. The van der Waals surface area contributed by atoms with Crippen LogP contribution in [0.3, 0.4) is 0 Å². The van der Waals surface area contributed by atoms with Crippen LogP contribution in [-0.4, -0.2) is 19.3 Å². The molecule has 0 amide bonds. The lowest BCUT2D eigenvalue weighted by Gasteiger charge is -2.15. The van der Waals surface area contributed by atoms with E-state index in [0.717, 1.165) is 24.8 Å². The minimum atomic E-state index is 0.103. The Labute approximate surface area is 113 Å². The van der Waals surface area contributed by atoms with Crippen molar-refractivity contribution in [1.29, 1.82) is 0 Å². The summed E-state index contributed by atoms with van der Waals surface area (Å²) >= 11 is 11.9. The van der Waals surface area contributed by atoms with Crippen molar-refractivity contribution in [3.05, 3.63) is 33.8 Å². The smallest absolute Gasteiger partial charge is 0.0543 e. The Morgan fingerprint density at radius 3 is 2.59 bits per heavy atom. The fourth-order valence-electron chi connectivity index (χ4n) is 1.64. The monoisotopic (exact) mass is 275 g/mol. The molecule has 0 aliphatic heterocycles. The fourth-order valence-corrected chi connectivity index (χ4v) is 2.12. The first-order valence-corrected chi connectivity index (χ1v) is 6.50. The summed E-state index contributed by atoms with van der Waals surface area (Å²) in [7, 11) is 1.71. The van der Waals surface area contributed by atoms with Gasteiger partial charge in [-0.3, -0.25) is 0 Å². The van der Waals surface area contributed by atoms with E-state index in [9.17, 15) is 0 Å². The molecule has 96 valence electrons. The molecule has 0 spiro atoms. The molecule has 0 aliphatic rings. The van der Waals surface area contributed by atoms with Crippen molar-refractivity contribution >= 4 is 23.2 Å².